The normalized spacial score (nSPS) is 14.6. The van der Waals surface area contributed by atoms with Gasteiger partial charge in [-0.2, -0.15) is 0 Å². The molecule has 1 aliphatic carbocycles. The highest BCUT2D eigenvalue weighted by Crippen LogP contribution is 2.33. The highest BCUT2D eigenvalue weighted by atomic mass is 127. The Hall–Kier alpha value is -0.780. The number of rotatable bonds is 7. The van der Waals surface area contributed by atoms with Crippen LogP contribution in [0.4, 0.5) is 0 Å². The molecule has 1 aromatic carbocycles. The molecule has 112 valence electrons. The smallest absolute Gasteiger partial charge is 0.191 e. The van der Waals surface area contributed by atoms with Crippen LogP contribution in [0.3, 0.4) is 0 Å². The molecule has 0 saturated heterocycles. The third-order valence-electron chi connectivity index (χ3n) is 3.39. The number of halogens is 1. The quantitative estimate of drug-likeness (QED) is 0.325. The van der Waals surface area contributed by atoms with Crippen molar-refractivity contribution in [3.05, 3.63) is 35.9 Å². The van der Waals surface area contributed by atoms with E-state index in [4.69, 9.17) is 0 Å². The number of hydrogen-bond acceptors (Lipinski definition) is 1. The molecule has 0 atom stereocenters. The van der Waals surface area contributed by atoms with E-state index in [-0.39, 0.29) is 24.0 Å². The van der Waals surface area contributed by atoms with Crippen LogP contribution < -0.4 is 10.6 Å². The van der Waals surface area contributed by atoms with Gasteiger partial charge >= 0.3 is 0 Å². The second-order valence-corrected chi connectivity index (χ2v) is 5.19. The lowest BCUT2D eigenvalue weighted by Crippen LogP contribution is -2.37. The zero-order valence-corrected chi connectivity index (χ0v) is 14.6. The maximum absolute atomic E-state index is 4.61. The predicted octanol–water partition coefficient (Wildman–Crippen LogP) is 3.55. The molecule has 0 unspecified atom stereocenters. The van der Waals surface area contributed by atoms with Gasteiger partial charge in [0.15, 0.2) is 5.96 Å². The van der Waals surface area contributed by atoms with E-state index in [0.717, 1.165) is 31.5 Å². The second kappa shape index (κ2) is 10.0. The van der Waals surface area contributed by atoms with Crippen molar-refractivity contribution in [3.8, 4) is 0 Å². The monoisotopic (exact) mass is 387 g/mol. The van der Waals surface area contributed by atoms with Crippen LogP contribution in [0.25, 0.3) is 0 Å². The maximum atomic E-state index is 4.61. The van der Waals surface area contributed by atoms with Crippen molar-refractivity contribution in [1.82, 2.24) is 10.6 Å². The van der Waals surface area contributed by atoms with Gasteiger partial charge in [-0.3, -0.25) is 0 Å². The number of nitrogens with zero attached hydrogens (tertiary/aromatic N) is 1. The predicted molar refractivity (Wildman–Crippen MR) is 96.6 cm³/mol. The maximum Gasteiger partial charge on any atom is 0.191 e. The first-order valence-corrected chi connectivity index (χ1v) is 7.44. The first-order chi connectivity index (χ1) is 9.38. The van der Waals surface area contributed by atoms with Crippen molar-refractivity contribution < 1.29 is 0 Å². The number of guanidine groups is 1. The minimum atomic E-state index is 0. The Morgan fingerprint density at radius 2 is 1.95 bits per heavy atom. The van der Waals surface area contributed by atoms with Gasteiger partial charge in [0, 0.05) is 13.1 Å². The summed E-state index contributed by atoms with van der Waals surface area (Å²) in [4.78, 5) is 4.61. The largest absolute Gasteiger partial charge is 0.357 e. The van der Waals surface area contributed by atoms with Crippen LogP contribution in [-0.4, -0.2) is 19.0 Å². The fourth-order valence-electron chi connectivity index (χ4n) is 2.10. The lowest BCUT2D eigenvalue weighted by Gasteiger charge is -2.11. The van der Waals surface area contributed by atoms with Gasteiger partial charge in [0.1, 0.15) is 0 Å². The number of hydrogen-bond donors (Lipinski definition) is 2. The molecule has 3 nitrogen and oxygen atoms in total. The Bertz CT molecular complexity index is 388. The van der Waals surface area contributed by atoms with Crippen molar-refractivity contribution in [2.24, 2.45) is 10.9 Å². The third-order valence-corrected chi connectivity index (χ3v) is 3.39. The fourth-order valence-corrected chi connectivity index (χ4v) is 2.10. The van der Waals surface area contributed by atoms with Gasteiger partial charge in [0.05, 0.1) is 6.54 Å². The molecule has 0 amide bonds. The lowest BCUT2D eigenvalue weighted by molar-refractivity contribution is 0.645. The molecule has 2 rings (SSSR count). The van der Waals surface area contributed by atoms with Crippen LogP contribution in [0.15, 0.2) is 35.3 Å². The molecule has 20 heavy (non-hydrogen) atoms. The Labute approximate surface area is 139 Å². The highest BCUT2D eigenvalue weighted by Gasteiger charge is 2.19. The van der Waals surface area contributed by atoms with Crippen molar-refractivity contribution in [2.45, 2.75) is 39.2 Å². The summed E-state index contributed by atoms with van der Waals surface area (Å²) in [6.07, 6.45) is 5.51. The van der Waals surface area contributed by atoms with E-state index in [0.29, 0.717) is 0 Å². The summed E-state index contributed by atoms with van der Waals surface area (Å²) >= 11 is 0. The highest BCUT2D eigenvalue weighted by molar-refractivity contribution is 14.0. The number of nitrogens with one attached hydrogen (secondary N) is 2. The van der Waals surface area contributed by atoms with Crippen LogP contribution >= 0.6 is 24.0 Å². The zero-order chi connectivity index (χ0) is 13.3. The lowest BCUT2D eigenvalue weighted by atomic mass is 10.2. The van der Waals surface area contributed by atoms with Crippen molar-refractivity contribution >= 4 is 29.9 Å². The standard InChI is InChI=1S/C16H25N3.HI/c1-2-17-16(18-12-6-9-14-10-11-14)19-13-15-7-4-3-5-8-15;/h3-5,7-8,14H,2,6,9-13H2,1H3,(H2,17,18,19);1H. The molecule has 2 N–H and O–H groups in total. The Kier molecular flexibility index (Phi) is 8.65. The minimum absolute atomic E-state index is 0. The number of aliphatic imine (C=N–C) groups is 1. The molecular formula is C16H26IN3. The molecule has 0 heterocycles. The SMILES string of the molecule is CCNC(=NCc1ccccc1)NCCCC1CC1.I. The fraction of sp³-hybridized carbons (Fsp3) is 0.562. The topological polar surface area (TPSA) is 36.4 Å². The van der Waals surface area contributed by atoms with Gasteiger partial charge in [-0.1, -0.05) is 43.2 Å². The summed E-state index contributed by atoms with van der Waals surface area (Å²) in [5, 5.41) is 6.71. The van der Waals surface area contributed by atoms with E-state index in [9.17, 15) is 0 Å². The van der Waals surface area contributed by atoms with E-state index in [2.05, 4.69) is 46.8 Å². The van der Waals surface area contributed by atoms with Crippen LogP contribution in [0.1, 0.15) is 38.2 Å². The van der Waals surface area contributed by atoms with E-state index in [1.165, 1.54) is 31.2 Å². The molecule has 0 aliphatic heterocycles. The Balaban J connectivity index is 0.00000200. The molecule has 0 radical (unpaired) electrons. The summed E-state index contributed by atoms with van der Waals surface area (Å²) in [5.74, 6) is 1.95. The van der Waals surface area contributed by atoms with Crippen LogP contribution in [-0.2, 0) is 6.54 Å². The van der Waals surface area contributed by atoms with Crippen LogP contribution in [0.5, 0.6) is 0 Å². The van der Waals surface area contributed by atoms with E-state index in [1.54, 1.807) is 0 Å². The van der Waals surface area contributed by atoms with Crippen LogP contribution in [0.2, 0.25) is 0 Å². The molecule has 1 fully saturated rings. The van der Waals surface area contributed by atoms with Gasteiger partial charge in [-0.15, -0.1) is 24.0 Å². The average molecular weight is 387 g/mol. The Morgan fingerprint density at radius 1 is 1.20 bits per heavy atom. The minimum Gasteiger partial charge on any atom is -0.357 e. The van der Waals surface area contributed by atoms with Gasteiger partial charge < -0.3 is 10.6 Å². The molecule has 0 aromatic heterocycles. The average Bonchev–Trinajstić information content (AvgIpc) is 3.26. The van der Waals surface area contributed by atoms with Crippen molar-refractivity contribution in [2.75, 3.05) is 13.1 Å². The Morgan fingerprint density at radius 3 is 2.60 bits per heavy atom. The molecule has 1 aromatic rings. The second-order valence-electron chi connectivity index (χ2n) is 5.19. The summed E-state index contributed by atoms with van der Waals surface area (Å²) < 4.78 is 0. The van der Waals surface area contributed by atoms with Gasteiger partial charge in [0.2, 0.25) is 0 Å². The summed E-state index contributed by atoms with van der Waals surface area (Å²) in [7, 11) is 0. The third kappa shape index (κ3) is 7.12. The first-order valence-electron chi connectivity index (χ1n) is 7.44. The van der Waals surface area contributed by atoms with E-state index >= 15 is 0 Å². The summed E-state index contributed by atoms with van der Waals surface area (Å²) in [5.41, 5.74) is 1.25. The number of benzene rings is 1. The zero-order valence-electron chi connectivity index (χ0n) is 12.3. The molecule has 1 saturated carbocycles. The molecule has 0 bridgehead atoms. The first kappa shape index (κ1) is 17.3. The summed E-state index contributed by atoms with van der Waals surface area (Å²) in [6.45, 7) is 4.77. The van der Waals surface area contributed by atoms with E-state index in [1.807, 2.05) is 6.07 Å². The molecule has 1 aliphatic rings. The van der Waals surface area contributed by atoms with Crippen molar-refractivity contribution in [3.63, 3.8) is 0 Å². The molecule has 0 spiro atoms. The van der Waals surface area contributed by atoms with Gasteiger partial charge in [-0.25, -0.2) is 4.99 Å². The van der Waals surface area contributed by atoms with Gasteiger partial charge in [0.25, 0.3) is 0 Å². The summed E-state index contributed by atoms with van der Waals surface area (Å²) in [6, 6.07) is 10.4. The van der Waals surface area contributed by atoms with Crippen LogP contribution in [0, 0.1) is 5.92 Å². The van der Waals surface area contributed by atoms with Gasteiger partial charge in [-0.05, 0) is 31.2 Å². The van der Waals surface area contributed by atoms with E-state index < -0.39 is 0 Å². The molecular weight excluding hydrogens is 361 g/mol. The molecule has 4 heteroatoms. The van der Waals surface area contributed by atoms with Crippen molar-refractivity contribution in [1.29, 1.82) is 0 Å².